The molecule has 7 nitrogen and oxygen atoms in total. The minimum atomic E-state index is -0.163. The molecule has 7 heteroatoms. The fourth-order valence-electron chi connectivity index (χ4n) is 4.04. The summed E-state index contributed by atoms with van der Waals surface area (Å²) in [6, 6.07) is 21.6. The van der Waals surface area contributed by atoms with Crippen molar-refractivity contribution in [2.75, 3.05) is 6.61 Å². The Balaban J connectivity index is 1.21. The molecule has 0 saturated heterocycles. The van der Waals surface area contributed by atoms with Crippen molar-refractivity contribution in [3.05, 3.63) is 84.7 Å². The molecule has 0 spiro atoms. The van der Waals surface area contributed by atoms with E-state index < -0.39 is 0 Å². The maximum Gasteiger partial charge on any atom is 0.231 e. The Kier molecular flexibility index (Phi) is 4.40. The van der Waals surface area contributed by atoms with E-state index in [9.17, 15) is 0 Å². The van der Waals surface area contributed by atoms with Gasteiger partial charge >= 0.3 is 0 Å². The van der Waals surface area contributed by atoms with E-state index in [0.29, 0.717) is 24.7 Å². The second-order valence-corrected chi connectivity index (χ2v) is 7.87. The van der Waals surface area contributed by atoms with Gasteiger partial charge in [0.25, 0.3) is 0 Å². The van der Waals surface area contributed by atoms with Gasteiger partial charge in [-0.1, -0.05) is 36.4 Å². The van der Waals surface area contributed by atoms with E-state index in [0.717, 1.165) is 27.8 Å². The van der Waals surface area contributed by atoms with Gasteiger partial charge in [-0.2, -0.15) is 0 Å². The molecule has 1 atom stereocenters. The summed E-state index contributed by atoms with van der Waals surface area (Å²) in [5.41, 5.74) is 11.0. The lowest BCUT2D eigenvalue weighted by atomic mass is 10.1. The molecule has 158 valence electrons. The molecule has 3 N–H and O–H groups in total. The van der Waals surface area contributed by atoms with Crippen LogP contribution in [0.25, 0.3) is 39.0 Å². The van der Waals surface area contributed by atoms with Crippen LogP contribution in [0.1, 0.15) is 5.56 Å². The number of aromatic amines is 1. The molecular formula is C25H21N5O2. The maximum atomic E-state index is 6.36. The highest BCUT2D eigenvalue weighted by Crippen LogP contribution is 2.28. The molecule has 0 aliphatic rings. The highest BCUT2D eigenvalue weighted by atomic mass is 16.5. The summed E-state index contributed by atoms with van der Waals surface area (Å²) in [6.07, 6.45) is 4.48. The predicted octanol–water partition coefficient (Wildman–Crippen LogP) is 4.57. The topological polar surface area (TPSA) is 94.4 Å². The first-order valence-electron chi connectivity index (χ1n) is 10.5. The van der Waals surface area contributed by atoms with Crippen molar-refractivity contribution in [1.82, 2.24) is 19.6 Å². The van der Waals surface area contributed by atoms with Crippen LogP contribution in [0.15, 0.2) is 83.5 Å². The second-order valence-electron chi connectivity index (χ2n) is 7.87. The Bertz CT molecular complexity index is 1510. The highest BCUT2D eigenvalue weighted by Gasteiger charge is 2.14. The van der Waals surface area contributed by atoms with Crippen molar-refractivity contribution in [2.24, 2.45) is 5.73 Å². The van der Waals surface area contributed by atoms with E-state index in [4.69, 9.17) is 14.9 Å². The summed E-state index contributed by atoms with van der Waals surface area (Å²) in [6.45, 7) is 0.354. The quantitative estimate of drug-likeness (QED) is 0.409. The number of benzene rings is 2. The van der Waals surface area contributed by atoms with Crippen LogP contribution in [0.2, 0.25) is 0 Å². The number of fused-ring (bicyclic) bond motifs is 3. The number of hydrogen-bond donors (Lipinski definition) is 2. The van der Waals surface area contributed by atoms with Gasteiger partial charge in [0.05, 0.1) is 6.20 Å². The average molecular weight is 423 g/mol. The van der Waals surface area contributed by atoms with Gasteiger partial charge in [0.15, 0.2) is 11.4 Å². The molecule has 0 fully saturated rings. The molecule has 6 aromatic rings. The molecule has 0 amide bonds. The van der Waals surface area contributed by atoms with Crippen LogP contribution >= 0.6 is 0 Å². The smallest absolute Gasteiger partial charge is 0.231 e. The molecule has 0 bridgehead atoms. The third kappa shape index (κ3) is 3.29. The van der Waals surface area contributed by atoms with Crippen molar-refractivity contribution in [2.45, 2.75) is 12.5 Å². The average Bonchev–Trinajstić information content (AvgIpc) is 3.54. The van der Waals surface area contributed by atoms with Crippen LogP contribution in [0.3, 0.4) is 0 Å². The number of nitrogens with one attached hydrogen (secondary N) is 1. The maximum absolute atomic E-state index is 6.36. The molecule has 2 aromatic carbocycles. The Morgan fingerprint density at radius 3 is 2.88 bits per heavy atom. The van der Waals surface area contributed by atoms with E-state index in [-0.39, 0.29) is 6.04 Å². The summed E-state index contributed by atoms with van der Waals surface area (Å²) in [7, 11) is 0. The van der Waals surface area contributed by atoms with Crippen LogP contribution in [0.4, 0.5) is 0 Å². The number of furan rings is 1. The molecule has 0 aliphatic heterocycles. The number of hydrogen-bond acceptors (Lipinski definition) is 5. The number of ether oxygens (including phenoxy) is 1. The summed E-state index contributed by atoms with van der Waals surface area (Å²) in [5.74, 6) is 1.20. The molecule has 0 unspecified atom stereocenters. The van der Waals surface area contributed by atoms with Crippen LogP contribution in [-0.2, 0) is 6.42 Å². The van der Waals surface area contributed by atoms with Gasteiger partial charge in [-0.3, -0.25) is 0 Å². The molecule has 4 heterocycles. The van der Waals surface area contributed by atoms with E-state index in [1.54, 1.807) is 10.7 Å². The van der Waals surface area contributed by atoms with Crippen molar-refractivity contribution < 1.29 is 9.15 Å². The van der Waals surface area contributed by atoms with Crippen molar-refractivity contribution in [1.29, 1.82) is 0 Å². The standard InChI is InChI=1S/C25H21N5O2/c26-18(11-17-13-27-20-7-3-2-6-19(17)20)15-31-25-10-9-24-28-14-21(30(24)29-25)23-12-16-5-1-4-8-22(16)32-23/h1-10,12-14,18,27H,11,15,26H2/t18-/m0/s1. The van der Waals surface area contributed by atoms with Gasteiger partial charge in [-0.05, 0) is 36.2 Å². The fourth-order valence-corrected chi connectivity index (χ4v) is 4.04. The summed E-state index contributed by atoms with van der Waals surface area (Å²) < 4.78 is 13.7. The first-order chi connectivity index (χ1) is 15.7. The third-order valence-electron chi connectivity index (χ3n) is 5.62. The molecule has 0 radical (unpaired) electrons. The first-order valence-corrected chi connectivity index (χ1v) is 10.5. The van der Waals surface area contributed by atoms with E-state index in [1.165, 1.54) is 10.9 Å². The summed E-state index contributed by atoms with van der Waals surface area (Å²) in [4.78, 5) is 7.73. The second kappa shape index (κ2) is 7.55. The molecule has 0 saturated carbocycles. The molecule has 4 aromatic heterocycles. The summed E-state index contributed by atoms with van der Waals surface area (Å²) in [5, 5.41) is 6.84. The van der Waals surface area contributed by atoms with Crippen LogP contribution < -0.4 is 10.5 Å². The van der Waals surface area contributed by atoms with Crippen LogP contribution in [-0.4, -0.2) is 32.2 Å². The van der Waals surface area contributed by atoms with E-state index in [1.807, 2.05) is 60.8 Å². The normalized spacial score (nSPS) is 12.7. The van der Waals surface area contributed by atoms with E-state index >= 15 is 0 Å². The van der Waals surface area contributed by atoms with Crippen LogP contribution in [0, 0.1) is 0 Å². The van der Waals surface area contributed by atoms with Gasteiger partial charge in [0.2, 0.25) is 5.88 Å². The zero-order valence-corrected chi connectivity index (χ0v) is 17.2. The Labute approximate surface area is 183 Å². The zero-order valence-electron chi connectivity index (χ0n) is 17.2. The highest BCUT2D eigenvalue weighted by molar-refractivity contribution is 5.83. The van der Waals surface area contributed by atoms with Crippen LogP contribution in [0.5, 0.6) is 5.88 Å². The van der Waals surface area contributed by atoms with Crippen molar-refractivity contribution >= 4 is 27.5 Å². The number of nitrogens with zero attached hydrogens (tertiary/aromatic N) is 3. The summed E-state index contributed by atoms with van der Waals surface area (Å²) >= 11 is 0. The molecule has 6 rings (SSSR count). The fraction of sp³-hybridized carbons (Fsp3) is 0.120. The number of H-pyrrole nitrogens is 1. The Morgan fingerprint density at radius 2 is 1.94 bits per heavy atom. The molecular weight excluding hydrogens is 402 g/mol. The van der Waals surface area contributed by atoms with Gasteiger partial charge in [-0.15, -0.1) is 5.10 Å². The lowest BCUT2D eigenvalue weighted by molar-refractivity contribution is 0.273. The number of aromatic nitrogens is 4. The first kappa shape index (κ1) is 18.7. The number of nitrogens with two attached hydrogens (primary N) is 1. The van der Waals surface area contributed by atoms with Gasteiger partial charge in [0, 0.05) is 34.6 Å². The minimum absolute atomic E-state index is 0.163. The lowest BCUT2D eigenvalue weighted by Gasteiger charge is -2.12. The van der Waals surface area contributed by atoms with Crippen molar-refractivity contribution in [3.63, 3.8) is 0 Å². The number of rotatable bonds is 6. The zero-order chi connectivity index (χ0) is 21.5. The number of imidazole rings is 1. The lowest BCUT2D eigenvalue weighted by Crippen LogP contribution is -2.30. The SMILES string of the molecule is N[C@H](COc1ccc2ncc(-c3cc4ccccc4o3)n2n1)Cc1c[nH]c2ccccc12. The minimum Gasteiger partial charge on any atom is -0.475 e. The third-order valence-corrected chi connectivity index (χ3v) is 5.62. The van der Waals surface area contributed by atoms with Gasteiger partial charge in [0.1, 0.15) is 17.9 Å². The predicted molar refractivity (Wildman–Crippen MR) is 124 cm³/mol. The molecule has 0 aliphatic carbocycles. The largest absolute Gasteiger partial charge is 0.475 e. The molecule has 32 heavy (non-hydrogen) atoms. The Hall–Kier alpha value is -4.10. The Morgan fingerprint density at radius 1 is 1.06 bits per heavy atom. The van der Waals surface area contributed by atoms with Crippen molar-refractivity contribution in [3.8, 4) is 17.3 Å². The van der Waals surface area contributed by atoms with Gasteiger partial charge < -0.3 is 19.9 Å². The van der Waals surface area contributed by atoms with Gasteiger partial charge in [-0.25, -0.2) is 9.50 Å². The monoisotopic (exact) mass is 423 g/mol. The van der Waals surface area contributed by atoms with E-state index in [2.05, 4.69) is 27.2 Å². The number of para-hydroxylation sites is 2.